The number of rotatable bonds is 4. The van der Waals surface area contributed by atoms with Gasteiger partial charge in [0.25, 0.3) is 0 Å². The standard InChI is InChI=1S/C40H27NO2/c1-2-24-41-34-20-10-6-14-27(34)28-16-11-21-35-38(28)43-39-36(42-35)23-22-33-37(39)29-15-5-9-19-32(29)40(33)30-17-7-3-12-25(30)26-13-4-8-18-31(26)40/h2-23,41H,1,24H2. The van der Waals surface area contributed by atoms with Crippen molar-refractivity contribution in [1.29, 1.82) is 0 Å². The van der Waals surface area contributed by atoms with Crippen molar-refractivity contribution in [2.24, 2.45) is 0 Å². The summed E-state index contributed by atoms with van der Waals surface area (Å²) in [5.41, 5.74) is 12.6. The number of anilines is 1. The molecule has 3 heteroatoms. The van der Waals surface area contributed by atoms with Gasteiger partial charge in [-0.05, 0) is 57.1 Å². The molecule has 0 fully saturated rings. The van der Waals surface area contributed by atoms with E-state index >= 15 is 0 Å². The van der Waals surface area contributed by atoms with Gasteiger partial charge in [-0.2, -0.15) is 0 Å². The Kier molecular flexibility index (Phi) is 5.03. The van der Waals surface area contributed by atoms with E-state index in [0.717, 1.165) is 39.6 Å². The molecular weight excluding hydrogens is 526 g/mol. The van der Waals surface area contributed by atoms with E-state index in [1.165, 1.54) is 38.9 Å². The summed E-state index contributed by atoms with van der Waals surface area (Å²) in [7, 11) is 0. The van der Waals surface area contributed by atoms with Gasteiger partial charge in [-0.15, -0.1) is 6.58 Å². The summed E-state index contributed by atoms with van der Waals surface area (Å²) in [6, 6.07) is 45.2. The zero-order valence-corrected chi connectivity index (χ0v) is 23.4. The highest BCUT2D eigenvalue weighted by Crippen LogP contribution is 2.66. The normalized spacial score (nSPS) is 13.9. The van der Waals surface area contributed by atoms with Crippen molar-refractivity contribution < 1.29 is 9.47 Å². The molecule has 43 heavy (non-hydrogen) atoms. The van der Waals surface area contributed by atoms with Crippen LogP contribution in [0.4, 0.5) is 5.69 Å². The molecule has 0 radical (unpaired) electrons. The molecular formula is C40H27NO2. The first-order valence-electron chi connectivity index (χ1n) is 14.7. The second-order valence-corrected chi connectivity index (χ2v) is 11.3. The molecule has 0 bridgehead atoms. The van der Waals surface area contributed by atoms with Gasteiger partial charge in [-0.1, -0.05) is 115 Å². The van der Waals surface area contributed by atoms with Crippen LogP contribution in [0.25, 0.3) is 33.4 Å². The number of benzene rings is 6. The topological polar surface area (TPSA) is 30.5 Å². The lowest BCUT2D eigenvalue weighted by Crippen LogP contribution is -2.25. The van der Waals surface area contributed by atoms with Crippen LogP contribution in [-0.4, -0.2) is 6.54 Å². The molecule has 3 nitrogen and oxygen atoms in total. The monoisotopic (exact) mass is 553 g/mol. The molecule has 0 saturated carbocycles. The maximum Gasteiger partial charge on any atom is 0.178 e. The van der Waals surface area contributed by atoms with Crippen LogP contribution in [-0.2, 0) is 5.41 Å². The van der Waals surface area contributed by atoms with Gasteiger partial charge in [0.05, 0.1) is 5.41 Å². The second-order valence-electron chi connectivity index (χ2n) is 11.3. The van der Waals surface area contributed by atoms with Gasteiger partial charge < -0.3 is 14.8 Å². The molecule has 1 heterocycles. The van der Waals surface area contributed by atoms with Crippen LogP contribution < -0.4 is 14.8 Å². The molecule has 0 amide bonds. The smallest absolute Gasteiger partial charge is 0.178 e. The van der Waals surface area contributed by atoms with Crippen molar-refractivity contribution in [3.63, 3.8) is 0 Å². The number of para-hydroxylation sites is 2. The van der Waals surface area contributed by atoms with Crippen molar-refractivity contribution in [3.05, 3.63) is 162 Å². The zero-order valence-electron chi connectivity index (χ0n) is 23.4. The fourth-order valence-electron chi connectivity index (χ4n) is 7.50. The molecule has 6 aromatic carbocycles. The Hall–Kier alpha value is -5.54. The number of hydrogen-bond acceptors (Lipinski definition) is 3. The van der Waals surface area contributed by atoms with E-state index in [4.69, 9.17) is 9.47 Å². The Morgan fingerprint density at radius 1 is 0.512 bits per heavy atom. The quantitative estimate of drug-likeness (QED) is 0.220. The molecule has 0 aromatic heterocycles. The van der Waals surface area contributed by atoms with Gasteiger partial charge in [0.15, 0.2) is 23.0 Å². The first-order valence-corrected chi connectivity index (χ1v) is 14.7. The average Bonchev–Trinajstić information content (AvgIpc) is 3.54. The maximum atomic E-state index is 7.03. The van der Waals surface area contributed by atoms with Crippen molar-refractivity contribution in [2.45, 2.75) is 5.41 Å². The third-order valence-electron chi connectivity index (χ3n) is 9.14. The first-order chi connectivity index (χ1) is 21.3. The van der Waals surface area contributed by atoms with E-state index in [1.807, 2.05) is 24.3 Å². The fraction of sp³-hybridized carbons (Fsp3) is 0.0500. The van der Waals surface area contributed by atoms with Crippen LogP contribution in [0.3, 0.4) is 0 Å². The molecule has 9 rings (SSSR count). The first kappa shape index (κ1) is 24.1. The van der Waals surface area contributed by atoms with Gasteiger partial charge in [-0.25, -0.2) is 0 Å². The SMILES string of the molecule is C=CCNc1ccccc1-c1cccc2c1Oc1c(ccc3c1-c1ccccc1C31c3ccccc3-c3ccccc31)O2. The lowest BCUT2D eigenvalue weighted by Gasteiger charge is -2.31. The number of nitrogens with one attached hydrogen (secondary N) is 1. The zero-order chi connectivity index (χ0) is 28.5. The molecule has 0 unspecified atom stereocenters. The molecule has 1 aliphatic heterocycles. The summed E-state index contributed by atoms with van der Waals surface area (Å²) in [6.07, 6.45) is 1.86. The van der Waals surface area contributed by atoms with Gasteiger partial charge >= 0.3 is 0 Å². The van der Waals surface area contributed by atoms with Gasteiger partial charge in [0.2, 0.25) is 0 Å². The van der Waals surface area contributed by atoms with Gasteiger partial charge in [0, 0.05) is 28.9 Å². The van der Waals surface area contributed by atoms with Gasteiger partial charge in [-0.3, -0.25) is 0 Å². The number of ether oxygens (including phenoxy) is 2. The molecule has 2 aliphatic carbocycles. The third kappa shape index (κ3) is 3.14. The Balaban J connectivity index is 1.29. The summed E-state index contributed by atoms with van der Waals surface area (Å²) in [5.74, 6) is 2.93. The molecule has 0 saturated heterocycles. The van der Waals surface area contributed by atoms with E-state index in [2.05, 4.69) is 121 Å². The number of fused-ring (bicyclic) bond motifs is 13. The molecule has 3 aliphatic rings. The summed E-state index contributed by atoms with van der Waals surface area (Å²) in [6.45, 7) is 4.54. The van der Waals surface area contributed by atoms with Crippen molar-refractivity contribution in [2.75, 3.05) is 11.9 Å². The highest BCUT2D eigenvalue weighted by Gasteiger charge is 2.53. The van der Waals surface area contributed by atoms with E-state index in [9.17, 15) is 0 Å². The molecule has 204 valence electrons. The van der Waals surface area contributed by atoms with Crippen molar-refractivity contribution in [1.82, 2.24) is 0 Å². The van der Waals surface area contributed by atoms with Crippen LogP contribution in [0.5, 0.6) is 23.0 Å². The Bertz CT molecular complexity index is 2080. The Labute approximate surface area is 250 Å². The largest absolute Gasteiger partial charge is 0.449 e. The van der Waals surface area contributed by atoms with Crippen LogP contribution in [0.1, 0.15) is 22.3 Å². The minimum Gasteiger partial charge on any atom is -0.449 e. The molecule has 0 atom stereocenters. The third-order valence-corrected chi connectivity index (χ3v) is 9.14. The minimum atomic E-state index is -0.432. The summed E-state index contributed by atoms with van der Waals surface area (Å²) >= 11 is 0. The predicted octanol–water partition coefficient (Wildman–Crippen LogP) is 10.2. The highest BCUT2D eigenvalue weighted by atomic mass is 16.6. The van der Waals surface area contributed by atoms with Crippen LogP contribution >= 0.6 is 0 Å². The summed E-state index contributed by atoms with van der Waals surface area (Å²) < 4.78 is 13.7. The van der Waals surface area contributed by atoms with Gasteiger partial charge in [0.1, 0.15) is 0 Å². The van der Waals surface area contributed by atoms with Crippen molar-refractivity contribution in [3.8, 4) is 56.4 Å². The van der Waals surface area contributed by atoms with Crippen LogP contribution in [0.2, 0.25) is 0 Å². The van der Waals surface area contributed by atoms with Crippen LogP contribution in [0.15, 0.2) is 140 Å². The second kappa shape index (κ2) is 8.98. The Morgan fingerprint density at radius 2 is 1.09 bits per heavy atom. The summed E-state index contributed by atoms with van der Waals surface area (Å²) in [4.78, 5) is 0. The molecule has 1 spiro atoms. The van der Waals surface area contributed by atoms with E-state index < -0.39 is 5.41 Å². The van der Waals surface area contributed by atoms with Crippen molar-refractivity contribution >= 4 is 5.69 Å². The minimum absolute atomic E-state index is 0.432. The highest BCUT2D eigenvalue weighted by molar-refractivity contribution is 5.98. The molecule has 6 aromatic rings. The Morgan fingerprint density at radius 3 is 1.81 bits per heavy atom. The maximum absolute atomic E-state index is 7.03. The summed E-state index contributed by atoms with van der Waals surface area (Å²) in [5, 5.41) is 3.48. The fourth-order valence-corrected chi connectivity index (χ4v) is 7.50. The van der Waals surface area contributed by atoms with Crippen LogP contribution in [0, 0.1) is 0 Å². The van der Waals surface area contributed by atoms with E-state index in [1.54, 1.807) is 0 Å². The number of hydrogen-bond donors (Lipinski definition) is 1. The lowest BCUT2D eigenvalue weighted by atomic mass is 9.70. The molecule has 1 N–H and O–H groups in total. The lowest BCUT2D eigenvalue weighted by molar-refractivity contribution is 0.361. The predicted molar refractivity (Wildman–Crippen MR) is 173 cm³/mol. The average molecular weight is 554 g/mol. The van der Waals surface area contributed by atoms with E-state index in [-0.39, 0.29) is 0 Å². The van der Waals surface area contributed by atoms with E-state index in [0.29, 0.717) is 12.3 Å².